The highest BCUT2D eigenvalue weighted by molar-refractivity contribution is 6.16. The first-order valence-electron chi connectivity index (χ1n) is 8.48. The average molecular weight is 286 g/mol. The number of likely N-dealkylation sites (tertiary alicyclic amines) is 1. The van der Waals surface area contributed by atoms with Crippen LogP contribution in [0.25, 0.3) is 0 Å². The number of nitrogens with zero attached hydrogens (tertiary/aromatic N) is 2. The van der Waals surface area contributed by atoms with Crippen LogP contribution in [0.1, 0.15) is 46.5 Å². The lowest BCUT2D eigenvalue weighted by atomic mass is 9.84. The molecule has 21 heavy (non-hydrogen) atoms. The van der Waals surface area contributed by atoms with E-state index < -0.39 is 0 Å². The summed E-state index contributed by atoms with van der Waals surface area (Å²) in [5.74, 6) is 0.522. The fourth-order valence-corrected chi connectivity index (χ4v) is 3.44. The van der Waals surface area contributed by atoms with Gasteiger partial charge in [-0.05, 0) is 55.0 Å². The zero-order chi connectivity index (χ0) is 15.2. The number of hydrogen-bond acceptors (Lipinski definition) is 2. The summed E-state index contributed by atoms with van der Waals surface area (Å²) in [7, 11) is 1.93. The van der Waals surface area contributed by atoms with E-state index in [2.05, 4.69) is 48.9 Å². The molecule has 0 atom stereocenters. The third-order valence-electron chi connectivity index (χ3n) is 4.41. The van der Waals surface area contributed by atoms with Crippen LogP contribution in [-0.2, 0) is 0 Å². The zero-order valence-corrected chi connectivity index (χ0v) is 14.2. The van der Waals surface area contributed by atoms with E-state index in [-0.39, 0.29) is 0 Å². The van der Waals surface area contributed by atoms with Gasteiger partial charge in [-0.15, -0.1) is 0 Å². The van der Waals surface area contributed by atoms with Gasteiger partial charge in [0.25, 0.3) is 0 Å². The Morgan fingerprint density at radius 3 is 2.48 bits per heavy atom. The van der Waals surface area contributed by atoms with E-state index in [1.54, 1.807) is 0 Å². The van der Waals surface area contributed by atoms with Gasteiger partial charge in [0, 0.05) is 13.6 Å². The molecule has 0 saturated carbocycles. The van der Waals surface area contributed by atoms with Gasteiger partial charge in [0.2, 0.25) is 0 Å². The molecule has 0 N–H and O–H groups in total. The Balaban J connectivity index is 2.29. The summed E-state index contributed by atoms with van der Waals surface area (Å²) >= 11 is 0. The van der Waals surface area contributed by atoms with Crippen LogP contribution < -0.4 is 0 Å². The fourth-order valence-electron chi connectivity index (χ4n) is 3.44. The standard InChI is InChI=1S/C19H30N2/c1-5-9-16-10-11-17(14-21-12-7-6-8-13-21)18(15(2)3)19(16)20-4/h9-11,15H,5-8,12-14H2,1-4H3/b16-9-,20-19?. The normalized spacial score (nSPS) is 24.6. The van der Waals surface area contributed by atoms with Crippen molar-refractivity contribution in [1.29, 1.82) is 0 Å². The Kier molecular flexibility index (Phi) is 5.98. The van der Waals surface area contributed by atoms with Gasteiger partial charge in [-0.2, -0.15) is 0 Å². The van der Waals surface area contributed by atoms with Gasteiger partial charge in [0.1, 0.15) is 0 Å². The second kappa shape index (κ2) is 7.74. The number of piperidine rings is 1. The molecule has 2 rings (SSSR count). The highest BCUT2D eigenvalue weighted by Crippen LogP contribution is 2.28. The summed E-state index contributed by atoms with van der Waals surface area (Å²) in [6, 6.07) is 0. The van der Waals surface area contributed by atoms with Crippen LogP contribution in [0.4, 0.5) is 0 Å². The molecule has 0 bridgehead atoms. The van der Waals surface area contributed by atoms with E-state index in [0.29, 0.717) is 5.92 Å². The summed E-state index contributed by atoms with van der Waals surface area (Å²) in [4.78, 5) is 7.22. The first kappa shape index (κ1) is 16.2. The van der Waals surface area contributed by atoms with Crippen LogP contribution in [0.15, 0.2) is 39.9 Å². The van der Waals surface area contributed by atoms with E-state index in [4.69, 9.17) is 0 Å². The van der Waals surface area contributed by atoms with Crippen molar-refractivity contribution in [2.24, 2.45) is 10.9 Å². The maximum Gasteiger partial charge on any atom is 0.0677 e. The van der Waals surface area contributed by atoms with Gasteiger partial charge >= 0.3 is 0 Å². The van der Waals surface area contributed by atoms with Crippen LogP contribution in [0.5, 0.6) is 0 Å². The second-order valence-corrected chi connectivity index (χ2v) is 6.40. The third kappa shape index (κ3) is 3.94. The molecule has 0 aromatic carbocycles. The number of hydrogen-bond donors (Lipinski definition) is 0. The molecule has 1 heterocycles. The molecular formula is C19H30N2. The minimum atomic E-state index is 0.522. The van der Waals surface area contributed by atoms with Crippen molar-refractivity contribution in [3.63, 3.8) is 0 Å². The SMILES string of the molecule is CC/C=C1/C=CC(CN2CCCCC2)=C(C(C)C)C1=NC. The Morgan fingerprint density at radius 1 is 1.19 bits per heavy atom. The molecule has 116 valence electrons. The summed E-state index contributed by atoms with van der Waals surface area (Å²) in [6.45, 7) is 10.4. The smallest absolute Gasteiger partial charge is 0.0677 e. The minimum absolute atomic E-state index is 0.522. The molecule has 1 aliphatic heterocycles. The van der Waals surface area contributed by atoms with E-state index in [1.807, 2.05) is 7.05 Å². The summed E-state index contributed by atoms with van der Waals surface area (Å²) in [6.07, 6.45) is 12.0. The van der Waals surface area contributed by atoms with Crippen LogP contribution in [0.3, 0.4) is 0 Å². The first-order chi connectivity index (χ1) is 10.2. The van der Waals surface area contributed by atoms with Crippen molar-refractivity contribution < 1.29 is 0 Å². The van der Waals surface area contributed by atoms with Crippen LogP contribution in [0.2, 0.25) is 0 Å². The fraction of sp³-hybridized carbons (Fsp3) is 0.632. The molecule has 1 fully saturated rings. The van der Waals surface area contributed by atoms with E-state index in [0.717, 1.165) is 13.0 Å². The van der Waals surface area contributed by atoms with Gasteiger partial charge < -0.3 is 0 Å². The molecule has 2 aliphatic rings. The lowest BCUT2D eigenvalue weighted by Gasteiger charge is -2.30. The molecular weight excluding hydrogens is 256 g/mol. The van der Waals surface area contributed by atoms with Crippen molar-refractivity contribution in [1.82, 2.24) is 4.90 Å². The largest absolute Gasteiger partial charge is 0.299 e. The quantitative estimate of drug-likeness (QED) is 0.748. The topological polar surface area (TPSA) is 15.6 Å². The highest BCUT2D eigenvalue weighted by atomic mass is 15.1. The monoisotopic (exact) mass is 286 g/mol. The molecule has 1 saturated heterocycles. The van der Waals surface area contributed by atoms with Crippen LogP contribution in [0, 0.1) is 5.92 Å². The van der Waals surface area contributed by atoms with Crippen molar-refractivity contribution in [3.05, 3.63) is 34.9 Å². The van der Waals surface area contributed by atoms with Crippen molar-refractivity contribution in [3.8, 4) is 0 Å². The Hall–Kier alpha value is -1.15. The number of aliphatic imine (C=N–C) groups is 1. The summed E-state index contributed by atoms with van der Waals surface area (Å²) < 4.78 is 0. The van der Waals surface area contributed by atoms with Crippen molar-refractivity contribution in [2.45, 2.75) is 46.5 Å². The summed E-state index contributed by atoms with van der Waals surface area (Å²) in [5, 5.41) is 0. The lowest BCUT2D eigenvalue weighted by molar-refractivity contribution is 0.247. The lowest BCUT2D eigenvalue weighted by Crippen LogP contribution is -2.33. The molecule has 0 aromatic rings. The number of allylic oxidation sites excluding steroid dienone is 4. The minimum Gasteiger partial charge on any atom is -0.299 e. The predicted molar refractivity (Wildman–Crippen MR) is 93.0 cm³/mol. The molecule has 2 heteroatoms. The predicted octanol–water partition coefficient (Wildman–Crippen LogP) is 4.40. The Bertz CT molecular complexity index is 472. The van der Waals surface area contributed by atoms with Crippen LogP contribution >= 0.6 is 0 Å². The van der Waals surface area contributed by atoms with E-state index in [1.165, 1.54) is 54.8 Å². The highest BCUT2D eigenvalue weighted by Gasteiger charge is 2.22. The van der Waals surface area contributed by atoms with Gasteiger partial charge in [-0.1, -0.05) is 45.4 Å². The molecule has 0 radical (unpaired) electrons. The zero-order valence-electron chi connectivity index (χ0n) is 14.2. The average Bonchev–Trinajstić information content (AvgIpc) is 2.49. The molecule has 2 nitrogen and oxygen atoms in total. The molecule has 0 aromatic heterocycles. The third-order valence-corrected chi connectivity index (χ3v) is 4.41. The summed E-state index contributed by atoms with van der Waals surface area (Å²) in [5.41, 5.74) is 5.43. The molecule has 0 amide bonds. The maximum absolute atomic E-state index is 4.61. The first-order valence-corrected chi connectivity index (χ1v) is 8.48. The number of rotatable bonds is 4. The van der Waals surface area contributed by atoms with Gasteiger partial charge in [0.15, 0.2) is 0 Å². The van der Waals surface area contributed by atoms with Gasteiger partial charge in [-0.25, -0.2) is 0 Å². The van der Waals surface area contributed by atoms with Crippen LogP contribution in [-0.4, -0.2) is 37.3 Å². The maximum atomic E-state index is 4.61. The second-order valence-electron chi connectivity index (χ2n) is 6.40. The van der Waals surface area contributed by atoms with Crippen molar-refractivity contribution >= 4 is 5.71 Å². The van der Waals surface area contributed by atoms with E-state index in [9.17, 15) is 0 Å². The van der Waals surface area contributed by atoms with E-state index >= 15 is 0 Å². The Morgan fingerprint density at radius 2 is 1.90 bits per heavy atom. The molecule has 1 aliphatic carbocycles. The Labute approximate surface area is 130 Å². The van der Waals surface area contributed by atoms with Gasteiger partial charge in [-0.3, -0.25) is 9.89 Å². The molecule has 0 unspecified atom stereocenters. The molecule has 0 spiro atoms. The van der Waals surface area contributed by atoms with Crippen molar-refractivity contribution in [2.75, 3.05) is 26.7 Å². The van der Waals surface area contributed by atoms with Gasteiger partial charge in [0.05, 0.1) is 5.71 Å².